The first-order valence-electron chi connectivity index (χ1n) is 27.0. The second-order valence-electron chi connectivity index (χ2n) is 21.7. The fourth-order valence-electron chi connectivity index (χ4n) is 12.2. The van der Waals surface area contributed by atoms with Crippen molar-refractivity contribution < 1.29 is 37.5 Å². The maximum atomic E-state index is 9.28. The Morgan fingerprint density at radius 2 is 0.939 bits per heavy atom. The van der Waals surface area contributed by atoms with Crippen LogP contribution >= 0.6 is 40.0 Å². The molecule has 0 amide bonds. The molecule has 0 radical (unpaired) electrons. The molecular formula is C62H80BBrN6O8S2Si2. The largest absolute Gasteiger partial charge is 0.489 e. The summed E-state index contributed by atoms with van der Waals surface area (Å²) in [5, 5.41) is 20.4. The van der Waals surface area contributed by atoms with Crippen molar-refractivity contribution in [3.8, 4) is 33.4 Å². The van der Waals surface area contributed by atoms with Crippen molar-refractivity contribution >= 4 is 91.1 Å². The maximum absolute atomic E-state index is 9.28. The van der Waals surface area contributed by atoms with E-state index in [0.717, 1.165) is 76.9 Å². The number of benzene rings is 2. The van der Waals surface area contributed by atoms with Gasteiger partial charge < -0.3 is 27.3 Å². The minimum absolute atomic E-state index is 0. The quantitative estimate of drug-likeness (QED) is 0.0324. The van der Waals surface area contributed by atoms with Crippen molar-refractivity contribution in [3.63, 3.8) is 0 Å². The predicted octanol–water partition coefficient (Wildman–Crippen LogP) is 17.4. The maximum Gasteiger partial charge on any atom is 0.489 e. The Morgan fingerprint density at radius 3 is 1.35 bits per heavy atom. The van der Waals surface area contributed by atoms with Gasteiger partial charge in [0.2, 0.25) is 0 Å². The molecule has 2 aromatic carbocycles. The molecule has 0 atom stereocenters. The van der Waals surface area contributed by atoms with Crippen LogP contribution in [0.25, 0.3) is 55.4 Å². The number of aromatic nitrogens is 6. The zero-order chi connectivity index (χ0) is 57.3. The summed E-state index contributed by atoms with van der Waals surface area (Å²) in [5.41, 5.74) is 11.6. The van der Waals surface area contributed by atoms with Crippen LogP contribution in [0.15, 0.2) is 195 Å². The van der Waals surface area contributed by atoms with E-state index in [1.54, 1.807) is 36.0 Å². The minimum atomic E-state index is -1.82. The summed E-state index contributed by atoms with van der Waals surface area (Å²) in [6.07, 6.45) is 22.6. The van der Waals surface area contributed by atoms with Gasteiger partial charge in [-0.25, -0.2) is 19.9 Å². The smallest absolute Gasteiger partial charge is 0.472 e. The number of hydrogen-bond donors (Lipinski definition) is 2. The number of nitrogens with zero attached hydrogens (tertiary/aromatic N) is 6. The molecule has 0 aliphatic carbocycles. The Labute approximate surface area is 503 Å². The van der Waals surface area contributed by atoms with Gasteiger partial charge in [-0.15, -0.1) is 9.46 Å². The summed E-state index contributed by atoms with van der Waals surface area (Å²) in [4.78, 5) is 22.2. The Hall–Kier alpha value is -5.94. The Kier molecular flexibility index (Phi) is 23.1. The highest BCUT2D eigenvalue weighted by atomic mass is 79.9. The van der Waals surface area contributed by atoms with E-state index in [-0.39, 0.29) is 14.9 Å². The van der Waals surface area contributed by atoms with Crippen LogP contribution in [-0.4, -0.2) is 61.5 Å². The SMILES string of the molecule is Brc1cnc2c(c1)c(-c1ccoc1)cn2OOSc1ccccc1.C.C.CC(C)[Si](C(C)C)(C(C)C)n1ccc(-c2cnc3c(c2)c(-c2ccoc2)cn3OOSc2ccccc2)c1.CC(C)[Si](C(C)C)(C(C)C)n1ccc(B(O)O)c1. The average molecular weight is 1250 g/mol. The van der Waals surface area contributed by atoms with Crippen molar-refractivity contribution in [3.05, 3.63) is 176 Å². The van der Waals surface area contributed by atoms with E-state index < -0.39 is 23.6 Å². The lowest BCUT2D eigenvalue weighted by atomic mass is 9.83. The number of hydrogen-bond acceptors (Lipinski definition) is 12. The van der Waals surface area contributed by atoms with E-state index in [1.807, 2.05) is 116 Å². The highest BCUT2D eigenvalue weighted by molar-refractivity contribution is 9.10. The second kappa shape index (κ2) is 29.0. The van der Waals surface area contributed by atoms with E-state index in [9.17, 15) is 10.0 Å². The fraction of sp³-hybridized carbons (Fsp3) is 0.323. The summed E-state index contributed by atoms with van der Waals surface area (Å²) in [7, 11) is -4.93. The summed E-state index contributed by atoms with van der Waals surface area (Å²) in [6, 6.07) is 31.5. The van der Waals surface area contributed by atoms with E-state index in [1.165, 1.54) is 10.3 Å². The lowest BCUT2D eigenvalue weighted by molar-refractivity contribution is -0.188. The number of fused-ring (bicyclic) bond motifs is 2. The second-order valence-corrected chi connectivity index (χ2v) is 35.7. The van der Waals surface area contributed by atoms with Crippen molar-refractivity contribution in [1.82, 2.24) is 27.9 Å². The van der Waals surface area contributed by atoms with Gasteiger partial charge in [-0.2, -0.15) is 0 Å². The number of halogens is 1. The zero-order valence-corrected chi connectivity index (χ0v) is 52.6. The van der Waals surface area contributed by atoms with Crippen molar-refractivity contribution in [1.29, 1.82) is 0 Å². The molecule has 0 unspecified atom stereocenters. The average Bonchev–Trinajstić information content (AvgIpc) is 4.47. The Morgan fingerprint density at radius 1 is 0.512 bits per heavy atom. The van der Waals surface area contributed by atoms with Crippen LogP contribution in [0.5, 0.6) is 0 Å². The van der Waals surface area contributed by atoms with Gasteiger partial charge in [0.05, 0.1) is 61.5 Å². The number of pyridine rings is 2. The molecule has 82 heavy (non-hydrogen) atoms. The third kappa shape index (κ3) is 14.0. The van der Waals surface area contributed by atoms with E-state index >= 15 is 0 Å². The molecular weight excluding hydrogens is 1170 g/mol. The summed E-state index contributed by atoms with van der Waals surface area (Å²) in [5.74, 6) is 0. The molecule has 10 aromatic rings. The van der Waals surface area contributed by atoms with Crippen LogP contribution in [0, 0.1) is 0 Å². The monoisotopic (exact) mass is 1250 g/mol. The molecule has 0 saturated carbocycles. The topological polar surface area (TPSA) is 149 Å². The molecule has 0 spiro atoms. The minimum Gasteiger partial charge on any atom is -0.472 e. The molecule has 14 nitrogen and oxygen atoms in total. The van der Waals surface area contributed by atoms with Gasteiger partial charge in [-0.3, -0.25) is 0 Å². The molecule has 0 aliphatic rings. The van der Waals surface area contributed by atoms with Crippen LogP contribution < -0.4 is 15.4 Å². The molecule has 8 aromatic heterocycles. The van der Waals surface area contributed by atoms with Crippen LogP contribution in [0.2, 0.25) is 33.2 Å². The van der Waals surface area contributed by atoms with Gasteiger partial charge in [-0.05, 0) is 134 Å². The van der Waals surface area contributed by atoms with Crippen molar-refractivity contribution in [2.75, 3.05) is 0 Å². The van der Waals surface area contributed by atoms with Crippen LogP contribution in [0.3, 0.4) is 0 Å². The van der Waals surface area contributed by atoms with E-state index in [4.69, 9.17) is 32.5 Å². The number of rotatable bonds is 20. The van der Waals surface area contributed by atoms with E-state index in [2.05, 4.69) is 137 Å². The Bertz CT molecular complexity index is 3470. The van der Waals surface area contributed by atoms with Gasteiger partial charge in [0.25, 0.3) is 0 Å². The first kappa shape index (κ1) is 65.2. The van der Waals surface area contributed by atoms with E-state index in [0.29, 0.717) is 50.0 Å². The van der Waals surface area contributed by atoms with Crippen molar-refractivity contribution in [2.45, 2.75) is 141 Å². The van der Waals surface area contributed by atoms with Crippen LogP contribution in [0.1, 0.15) is 97.9 Å². The molecule has 0 bridgehead atoms. The highest BCUT2D eigenvalue weighted by Crippen LogP contribution is 2.45. The van der Waals surface area contributed by atoms with Crippen LogP contribution in [-0.2, 0) is 8.67 Å². The van der Waals surface area contributed by atoms with Crippen molar-refractivity contribution in [2.24, 2.45) is 0 Å². The normalized spacial score (nSPS) is 11.8. The van der Waals surface area contributed by atoms with Gasteiger partial charge in [0, 0.05) is 77.0 Å². The molecule has 0 saturated heterocycles. The summed E-state index contributed by atoms with van der Waals surface area (Å²) in [6.45, 7) is 28.1. The first-order chi connectivity index (χ1) is 38.4. The molecule has 10 rings (SSSR count). The lowest BCUT2D eigenvalue weighted by Crippen LogP contribution is -2.51. The molecule has 2 N–H and O–H groups in total. The molecule has 20 heteroatoms. The van der Waals surface area contributed by atoms with Gasteiger partial charge in [-0.1, -0.05) is 143 Å². The van der Waals surface area contributed by atoms with Gasteiger partial charge in [0.15, 0.2) is 27.8 Å². The lowest BCUT2D eigenvalue weighted by Gasteiger charge is -2.44. The third-order valence-corrected chi connectivity index (χ3v) is 30.4. The predicted molar refractivity (Wildman–Crippen MR) is 347 cm³/mol. The molecule has 0 fully saturated rings. The Balaban J connectivity index is 0.000000211. The molecule has 436 valence electrons. The summed E-state index contributed by atoms with van der Waals surface area (Å²) >= 11 is 5.74. The van der Waals surface area contributed by atoms with Crippen LogP contribution in [0.4, 0.5) is 0 Å². The number of furan rings is 2. The standard InChI is InChI=1S/C30H35N3O3SSi.C17H11BrN2O3S.C13H26BNO2Si.2CH4/c1-21(2)38(22(3)4,23(5)6)32-14-12-24(18-32)26-16-28-29(25-13-15-34-20-25)19-33(30(28)31-17-26)35-36-37-27-10-8-7-9-11-27;18-13-8-15-16(12-6-7-21-11-12)10-20(17(15)19-9-13)22-23-24-14-4-2-1-3-5-14;1-10(2)18(11(3)4,12(5)6)15-8-7-13(9-15)14(16)17;;/h7-23H,1-6H3;1-11H;7-12,16-17H,1-6H3;2*1H4. The molecule has 8 heterocycles. The fourth-order valence-corrected chi connectivity index (χ4v) is 26.4. The van der Waals surface area contributed by atoms with Gasteiger partial charge in [0.1, 0.15) is 0 Å². The third-order valence-electron chi connectivity index (χ3n) is 15.3. The zero-order valence-electron chi connectivity index (χ0n) is 47.4. The van der Waals surface area contributed by atoms with Gasteiger partial charge >= 0.3 is 7.12 Å². The highest BCUT2D eigenvalue weighted by Gasteiger charge is 2.46. The summed E-state index contributed by atoms with van der Waals surface area (Å²) < 4.78 is 30.1. The molecule has 0 aliphatic heterocycles. The first-order valence-corrected chi connectivity index (χ1v) is 33.6.